The molecule has 0 bridgehead atoms. The lowest BCUT2D eigenvalue weighted by atomic mass is 9.98. The van der Waals surface area contributed by atoms with Crippen molar-refractivity contribution in [2.75, 3.05) is 12.8 Å². The molecule has 6 heteroatoms. The molecule has 0 amide bonds. The molecule has 0 saturated heterocycles. The Labute approximate surface area is 127 Å². The Morgan fingerprint density at radius 2 is 2.05 bits per heavy atom. The molecule has 2 aromatic heterocycles. The summed E-state index contributed by atoms with van der Waals surface area (Å²) in [5.74, 6) is -0.0970. The first kappa shape index (κ1) is 14.1. The SMILES string of the molecule is CCc1ccc(-c2ccn3nc(N)nc3c2)cc1C(=O)OC. The molecular formula is C16H16N4O2. The van der Waals surface area contributed by atoms with Gasteiger partial charge in [0.05, 0.1) is 12.7 Å². The summed E-state index contributed by atoms with van der Waals surface area (Å²) in [6.07, 6.45) is 2.56. The van der Waals surface area contributed by atoms with Gasteiger partial charge in [-0.2, -0.15) is 4.98 Å². The number of carbonyl (C=O) groups is 1. The van der Waals surface area contributed by atoms with Crippen LogP contribution >= 0.6 is 0 Å². The Balaban J connectivity index is 2.11. The lowest BCUT2D eigenvalue weighted by molar-refractivity contribution is 0.0599. The Hall–Kier alpha value is -2.89. The minimum Gasteiger partial charge on any atom is -0.465 e. The van der Waals surface area contributed by atoms with Crippen LogP contribution in [0.5, 0.6) is 0 Å². The van der Waals surface area contributed by atoms with Crippen molar-refractivity contribution in [1.29, 1.82) is 0 Å². The number of pyridine rings is 1. The lowest BCUT2D eigenvalue weighted by Gasteiger charge is -2.09. The van der Waals surface area contributed by atoms with Crippen molar-refractivity contribution in [1.82, 2.24) is 14.6 Å². The van der Waals surface area contributed by atoms with Gasteiger partial charge in [-0.25, -0.2) is 9.31 Å². The van der Waals surface area contributed by atoms with Crippen LogP contribution in [-0.4, -0.2) is 27.7 Å². The van der Waals surface area contributed by atoms with E-state index in [4.69, 9.17) is 10.5 Å². The molecule has 2 heterocycles. The van der Waals surface area contributed by atoms with Crippen molar-refractivity contribution >= 4 is 17.6 Å². The molecule has 0 spiro atoms. The molecule has 3 rings (SSSR count). The second kappa shape index (κ2) is 5.48. The lowest BCUT2D eigenvalue weighted by Crippen LogP contribution is -2.05. The molecule has 0 fully saturated rings. The standard InChI is InChI=1S/C16H16N4O2/c1-3-10-4-5-11(8-13(10)15(21)22-2)12-6-7-20-14(9-12)18-16(17)19-20/h4-9H,3H2,1-2H3,(H2,17,19). The van der Waals surface area contributed by atoms with Gasteiger partial charge >= 0.3 is 5.97 Å². The molecule has 0 saturated carbocycles. The van der Waals surface area contributed by atoms with Crippen LogP contribution in [0.1, 0.15) is 22.8 Å². The van der Waals surface area contributed by atoms with Gasteiger partial charge in [-0.1, -0.05) is 19.1 Å². The average molecular weight is 296 g/mol. The van der Waals surface area contributed by atoms with E-state index in [0.29, 0.717) is 11.2 Å². The monoisotopic (exact) mass is 296 g/mol. The van der Waals surface area contributed by atoms with E-state index in [9.17, 15) is 4.79 Å². The molecule has 6 nitrogen and oxygen atoms in total. The van der Waals surface area contributed by atoms with Crippen molar-refractivity contribution in [3.63, 3.8) is 0 Å². The molecule has 0 aliphatic carbocycles. The second-order valence-electron chi connectivity index (χ2n) is 4.91. The van der Waals surface area contributed by atoms with Crippen molar-refractivity contribution < 1.29 is 9.53 Å². The summed E-state index contributed by atoms with van der Waals surface area (Å²) < 4.78 is 6.47. The molecule has 0 aliphatic heterocycles. The van der Waals surface area contributed by atoms with Crippen molar-refractivity contribution in [3.8, 4) is 11.1 Å². The maximum absolute atomic E-state index is 11.9. The first-order chi connectivity index (χ1) is 10.6. The Kier molecular flexibility index (Phi) is 3.50. The Morgan fingerprint density at radius 3 is 2.77 bits per heavy atom. The number of nitrogens with zero attached hydrogens (tertiary/aromatic N) is 3. The minimum atomic E-state index is -0.327. The molecule has 0 unspecified atom stereocenters. The van der Waals surface area contributed by atoms with Crippen LogP contribution in [0.25, 0.3) is 16.8 Å². The summed E-state index contributed by atoms with van der Waals surface area (Å²) in [6, 6.07) is 9.56. The van der Waals surface area contributed by atoms with Gasteiger partial charge in [-0.05, 0) is 41.3 Å². The second-order valence-corrected chi connectivity index (χ2v) is 4.91. The summed E-state index contributed by atoms with van der Waals surface area (Å²) in [5.41, 5.74) is 9.66. The number of anilines is 1. The third-order valence-corrected chi connectivity index (χ3v) is 3.58. The van der Waals surface area contributed by atoms with Crippen molar-refractivity contribution in [2.45, 2.75) is 13.3 Å². The van der Waals surface area contributed by atoms with E-state index in [-0.39, 0.29) is 11.9 Å². The van der Waals surface area contributed by atoms with Gasteiger partial charge in [-0.15, -0.1) is 5.10 Å². The van der Waals surface area contributed by atoms with Crippen LogP contribution in [0.2, 0.25) is 0 Å². The van der Waals surface area contributed by atoms with Gasteiger partial charge < -0.3 is 10.5 Å². The number of hydrogen-bond acceptors (Lipinski definition) is 5. The number of nitrogens with two attached hydrogens (primary N) is 1. The van der Waals surface area contributed by atoms with Gasteiger partial charge in [0.15, 0.2) is 5.65 Å². The number of esters is 1. The zero-order valence-electron chi connectivity index (χ0n) is 12.4. The number of ether oxygens (including phenoxy) is 1. The topological polar surface area (TPSA) is 82.5 Å². The van der Waals surface area contributed by atoms with E-state index in [1.54, 1.807) is 10.7 Å². The fourth-order valence-corrected chi connectivity index (χ4v) is 2.44. The number of benzene rings is 1. The van der Waals surface area contributed by atoms with Gasteiger partial charge in [0.1, 0.15) is 0 Å². The normalized spacial score (nSPS) is 10.8. The maximum Gasteiger partial charge on any atom is 0.338 e. The van der Waals surface area contributed by atoms with E-state index in [2.05, 4.69) is 10.1 Å². The maximum atomic E-state index is 11.9. The number of rotatable bonds is 3. The Bertz CT molecular complexity index is 854. The van der Waals surface area contributed by atoms with Gasteiger partial charge in [0, 0.05) is 6.20 Å². The molecule has 1 aromatic carbocycles. The van der Waals surface area contributed by atoms with Crippen LogP contribution in [-0.2, 0) is 11.2 Å². The van der Waals surface area contributed by atoms with Crippen LogP contribution < -0.4 is 5.73 Å². The summed E-state index contributed by atoms with van der Waals surface area (Å²) in [6.45, 7) is 2.01. The predicted molar refractivity (Wildman–Crippen MR) is 83.6 cm³/mol. The summed E-state index contributed by atoms with van der Waals surface area (Å²) >= 11 is 0. The molecule has 22 heavy (non-hydrogen) atoms. The van der Waals surface area contributed by atoms with Gasteiger partial charge in [0.2, 0.25) is 5.95 Å². The molecule has 0 atom stereocenters. The highest BCUT2D eigenvalue weighted by Crippen LogP contribution is 2.24. The van der Waals surface area contributed by atoms with Crippen LogP contribution in [0.15, 0.2) is 36.5 Å². The summed E-state index contributed by atoms with van der Waals surface area (Å²) in [5, 5.41) is 4.04. The molecule has 0 radical (unpaired) electrons. The fraction of sp³-hybridized carbons (Fsp3) is 0.188. The molecule has 2 N–H and O–H groups in total. The number of hydrogen-bond donors (Lipinski definition) is 1. The van der Waals surface area contributed by atoms with Crippen LogP contribution in [0.3, 0.4) is 0 Å². The fourth-order valence-electron chi connectivity index (χ4n) is 2.44. The number of carbonyl (C=O) groups excluding carboxylic acids is 1. The third kappa shape index (κ3) is 2.39. The zero-order valence-corrected chi connectivity index (χ0v) is 12.4. The number of nitrogen functional groups attached to an aromatic ring is 1. The number of aromatic nitrogens is 3. The largest absolute Gasteiger partial charge is 0.465 e. The highest BCUT2D eigenvalue weighted by Gasteiger charge is 2.13. The van der Waals surface area contributed by atoms with Gasteiger partial charge in [-0.3, -0.25) is 0 Å². The van der Waals surface area contributed by atoms with Crippen LogP contribution in [0, 0.1) is 0 Å². The highest BCUT2D eigenvalue weighted by molar-refractivity contribution is 5.92. The molecule has 3 aromatic rings. The van der Waals surface area contributed by atoms with E-state index in [1.165, 1.54) is 7.11 Å². The quantitative estimate of drug-likeness (QED) is 0.750. The number of methoxy groups -OCH3 is 1. The first-order valence-corrected chi connectivity index (χ1v) is 6.96. The van der Waals surface area contributed by atoms with E-state index < -0.39 is 0 Å². The number of aryl methyl sites for hydroxylation is 1. The minimum absolute atomic E-state index is 0.230. The smallest absolute Gasteiger partial charge is 0.338 e. The summed E-state index contributed by atoms with van der Waals surface area (Å²) in [4.78, 5) is 16.1. The van der Waals surface area contributed by atoms with Gasteiger partial charge in [0.25, 0.3) is 0 Å². The first-order valence-electron chi connectivity index (χ1n) is 6.96. The van der Waals surface area contributed by atoms with E-state index in [0.717, 1.165) is 23.1 Å². The predicted octanol–water partition coefficient (Wildman–Crippen LogP) is 2.33. The Morgan fingerprint density at radius 1 is 1.27 bits per heavy atom. The number of fused-ring (bicyclic) bond motifs is 1. The van der Waals surface area contributed by atoms with Crippen LogP contribution in [0.4, 0.5) is 5.95 Å². The highest BCUT2D eigenvalue weighted by atomic mass is 16.5. The molecule has 112 valence electrons. The van der Waals surface area contributed by atoms with E-state index in [1.807, 2.05) is 37.3 Å². The molecule has 0 aliphatic rings. The van der Waals surface area contributed by atoms with Crippen molar-refractivity contribution in [2.24, 2.45) is 0 Å². The van der Waals surface area contributed by atoms with Crippen molar-refractivity contribution in [3.05, 3.63) is 47.7 Å². The van der Waals surface area contributed by atoms with E-state index >= 15 is 0 Å². The third-order valence-electron chi connectivity index (χ3n) is 3.58. The summed E-state index contributed by atoms with van der Waals surface area (Å²) in [7, 11) is 1.39. The molecular weight excluding hydrogens is 280 g/mol. The zero-order chi connectivity index (χ0) is 15.7. The average Bonchev–Trinajstić information content (AvgIpc) is 2.92.